The molecule has 0 saturated heterocycles. The molecule has 3 aromatic rings. The molecule has 0 aliphatic heterocycles. The fourth-order valence-electron chi connectivity index (χ4n) is 2.70. The zero-order chi connectivity index (χ0) is 19.9. The summed E-state index contributed by atoms with van der Waals surface area (Å²) >= 11 is 1.40. The highest BCUT2D eigenvalue weighted by Gasteiger charge is 2.21. The number of thiazole rings is 1. The Morgan fingerprint density at radius 3 is 2.54 bits per heavy atom. The van der Waals surface area contributed by atoms with Gasteiger partial charge < -0.3 is 10.1 Å². The van der Waals surface area contributed by atoms with Crippen LogP contribution in [-0.4, -0.2) is 24.0 Å². The van der Waals surface area contributed by atoms with Crippen molar-refractivity contribution < 1.29 is 18.7 Å². The molecule has 0 spiro atoms. The zero-order valence-electron chi connectivity index (χ0n) is 15.2. The van der Waals surface area contributed by atoms with Crippen LogP contribution in [0.3, 0.4) is 0 Å². The Morgan fingerprint density at radius 2 is 1.86 bits per heavy atom. The Hall–Kier alpha value is -3.06. The summed E-state index contributed by atoms with van der Waals surface area (Å²) in [4.78, 5) is 28.8. The average Bonchev–Trinajstić information content (AvgIpc) is 3.17. The highest BCUT2D eigenvalue weighted by atomic mass is 32.1. The van der Waals surface area contributed by atoms with E-state index < -0.39 is 23.7 Å². The third-order valence-electron chi connectivity index (χ3n) is 4.16. The van der Waals surface area contributed by atoms with Gasteiger partial charge in [0.15, 0.2) is 0 Å². The van der Waals surface area contributed by atoms with Gasteiger partial charge in [-0.2, -0.15) is 0 Å². The van der Waals surface area contributed by atoms with Crippen LogP contribution in [0.15, 0.2) is 60.0 Å². The number of benzene rings is 2. The van der Waals surface area contributed by atoms with E-state index in [4.69, 9.17) is 4.74 Å². The highest BCUT2D eigenvalue weighted by molar-refractivity contribution is 7.09. The Labute approximate surface area is 166 Å². The SMILES string of the molecule is COC(=O)CC(NC(=O)c1csc(Cc2ccccc2)n1)c1ccc(F)cc1. The number of aromatic nitrogens is 1. The third-order valence-corrected chi connectivity index (χ3v) is 5.01. The molecule has 0 aliphatic carbocycles. The molecule has 0 radical (unpaired) electrons. The van der Waals surface area contributed by atoms with Gasteiger partial charge >= 0.3 is 5.97 Å². The van der Waals surface area contributed by atoms with E-state index in [9.17, 15) is 14.0 Å². The number of methoxy groups -OCH3 is 1. The summed E-state index contributed by atoms with van der Waals surface area (Å²) in [5.41, 5.74) is 2.01. The van der Waals surface area contributed by atoms with Gasteiger partial charge in [-0.1, -0.05) is 42.5 Å². The van der Waals surface area contributed by atoms with Crippen molar-refractivity contribution in [2.75, 3.05) is 7.11 Å². The largest absolute Gasteiger partial charge is 0.469 e. The predicted molar refractivity (Wildman–Crippen MR) is 105 cm³/mol. The molecule has 0 saturated carbocycles. The maximum atomic E-state index is 13.2. The van der Waals surface area contributed by atoms with Gasteiger partial charge in [-0.3, -0.25) is 9.59 Å². The number of carbonyl (C=O) groups excluding carboxylic acids is 2. The number of hydrogen-bond acceptors (Lipinski definition) is 5. The van der Waals surface area contributed by atoms with Crippen molar-refractivity contribution in [1.29, 1.82) is 0 Å². The second-order valence-electron chi connectivity index (χ2n) is 6.15. The van der Waals surface area contributed by atoms with Crippen molar-refractivity contribution in [2.45, 2.75) is 18.9 Å². The van der Waals surface area contributed by atoms with Crippen LogP contribution in [0.5, 0.6) is 0 Å². The van der Waals surface area contributed by atoms with Crippen molar-refractivity contribution in [3.05, 3.63) is 87.6 Å². The molecule has 1 unspecified atom stereocenters. The first-order chi connectivity index (χ1) is 13.5. The summed E-state index contributed by atoms with van der Waals surface area (Å²) in [6, 6.07) is 14.9. The fraction of sp³-hybridized carbons (Fsp3) is 0.190. The highest BCUT2D eigenvalue weighted by Crippen LogP contribution is 2.20. The van der Waals surface area contributed by atoms with Crippen LogP contribution in [0.2, 0.25) is 0 Å². The molecule has 2 aromatic carbocycles. The van der Waals surface area contributed by atoms with Crippen molar-refractivity contribution >= 4 is 23.2 Å². The summed E-state index contributed by atoms with van der Waals surface area (Å²) in [5, 5.41) is 5.30. The van der Waals surface area contributed by atoms with E-state index in [0.29, 0.717) is 12.0 Å². The standard InChI is InChI=1S/C21H19FN2O3S/c1-27-20(25)12-17(15-7-9-16(22)10-8-15)24-21(26)18-13-28-19(23-18)11-14-5-3-2-4-6-14/h2-10,13,17H,11-12H2,1H3,(H,24,26). The van der Waals surface area contributed by atoms with E-state index in [-0.39, 0.29) is 12.1 Å². The summed E-state index contributed by atoms with van der Waals surface area (Å²) in [6.07, 6.45) is 0.581. The zero-order valence-corrected chi connectivity index (χ0v) is 16.0. The van der Waals surface area contributed by atoms with E-state index in [1.54, 1.807) is 5.38 Å². The van der Waals surface area contributed by atoms with Gasteiger partial charge in [-0.05, 0) is 23.3 Å². The lowest BCUT2D eigenvalue weighted by molar-refractivity contribution is -0.141. The van der Waals surface area contributed by atoms with Crippen LogP contribution >= 0.6 is 11.3 Å². The molecule has 7 heteroatoms. The van der Waals surface area contributed by atoms with Gasteiger partial charge in [0, 0.05) is 11.8 Å². The smallest absolute Gasteiger partial charge is 0.307 e. The number of carbonyl (C=O) groups is 2. The summed E-state index contributed by atoms with van der Waals surface area (Å²) < 4.78 is 17.9. The quantitative estimate of drug-likeness (QED) is 0.613. The molecule has 0 fully saturated rings. The van der Waals surface area contributed by atoms with Crippen molar-refractivity contribution in [3.8, 4) is 0 Å². The lowest BCUT2D eigenvalue weighted by atomic mass is 10.0. The summed E-state index contributed by atoms with van der Waals surface area (Å²) in [7, 11) is 1.28. The number of ether oxygens (including phenoxy) is 1. The Morgan fingerprint density at radius 1 is 1.14 bits per heavy atom. The summed E-state index contributed by atoms with van der Waals surface area (Å²) in [5.74, 6) is -1.26. The molecule has 1 heterocycles. The lowest BCUT2D eigenvalue weighted by Crippen LogP contribution is -2.30. The Bertz CT molecular complexity index is 942. The van der Waals surface area contributed by atoms with E-state index in [0.717, 1.165) is 10.6 Å². The van der Waals surface area contributed by atoms with Gasteiger partial charge in [0.05, 0.1) is 24.6 Å². The predicted octanol–water partition coefficient (Wildman–Crippen LogP) is 3.91. The number of rotatable bonds is 7. The molecule has 3 rings (SSSR count). The van der Waals surface area contributed by atoms with E-state index >= 15 is 0 Å². The van der Waals surface area contributed by atoms with E-state index in [1.807, 2.05) is 30.3 Å². The molecule has 5 nitrogen and oxygen atoms in total. The van der Waals surface area contributed by atoms with Gasteiger partial charge in [0.2, 0.25) is 0 Å². The monoisotopic (exact) mass is 398 g/mol. The molecule has 1 N–H and O–H groups in total. The number of amides is 1. The normalized spacial score (nSPS) is 11.6. The van der Waals surface area contributed by atoms with Crippen molar-refractivity contribution in [1.82, 2.24) is 10.3 Å². The number of nitrogens with zero attached hydrogens (tertiary/aromatic N) is 1. The second kappa shape index (κ2) is 9.23. The Balaban J connectivity index is 1.72. The third kappa shape index (κ3) is 5.23. The molecular formula is C21H19FN2O3S. The van der Waals surface area contributed by atoms with Crippen LogP contribution in [0.4, 0.5) is 4.39 Å². The van der Waals surface area contributed by atoms with E-state index in [1.165, 1.54) is 42.7 Å². The molecular weight excluding hydrogens is 379 g/mol. The second-order valence-corrected chi connectivity index (χ2v) is 7.09. The first kappa shape index (κ1) is 19.7. The minimum absolute atomic E-state index is 0.0606. The minimum atomic E-state index is -0.639. The van der Waals surface area contributed by atoms with Crippen LogP contribution in [0, 0.1) is 5.82 Å². The summed E-state index contributed by atoms with van der Waals surface area (Å²) in [6.45, 7) is 0. The van der Waals surface area contributed by atoms with Gasteiger partial charge in [0.1, 0.15) is 11.5 Å². The number of hydrogen-bond donors (Lipinski definition) is 1. The average molecular weight is 398 g/mol. The maximum absolute atomic E-state index is 13.2. The topological polar surface area (TPSA) is 68.3 Å². The van der Waals surface area contributed by atoms with Gasteiger partial charge in [-0.25, -0.2) is 9.37 Å². The molecule has 1 atom stereocenters. The number of nitrogens with one attached hydrogen (secondary N) is 1. The molecule has 1 aromatic heterocycles. The first-order valence-corrected chi connectivity index (χ1v) is 9.54. The molecule has 144 valence electrons. The Kier molecular flexibility index (Phi) is 6.49. The first-order valence-electron chi connectivity index (χ1n) is 8.66. The minimum Gasteiger partial charge on any atom is -0.469 e. The molecule has 0 bridgehead atoms. The molecule has 1 amide bonds. The molecule has 28 heavy (non-hydrogen) atoms. The van der Waals surface area contributed by atoms with Gasteiger partial charge in [0.25, 0.3) is 5.91 Å². The number of halogens is 1. The maximum Gasteiger partial charge on any atom is 0.307 e. The van der Waals surface area contributed by atoms with Crippen molar-refractivity contribution in [2.24, 2.45) is 0 Å². The van der Waals surface area contributed by atoms with Crippen LogP contribution in [0.1, 0.15) is 39.1 Å². The van der Waals surface area contributed by atoms with Crippen LogP contribution < -0.4 is 5.32 Å². The fourth-order valence-corrected chi connectivity index (χ4v) is 3.50. The lowest BCUT2D eigenvalue weighted by Gasteiger charge is -2.17. The van der Waals surface area contributed by atoms with E-state index in [2.05, 4.69) is 10.3 Å². The number of esters is 1. The van der Waals surface area contributed by atoms with Gasteiger partial charge in [-0.15, -0.1) is 11.3 Å². The molecule has 0 aliphatic rings. The van der Waals surface area contributed by atoms with Crippen molar-refractivity contribution in [3.63, 3.8) is 0 Å². The van der Waals surface area contributed by atoms with Crippen LogP contribution in [0.25, 0.3) is 0 Å². The van der Waals surface area contributed by atoms with Crippen LogP contribution in [-0.2, 0) is 16.0 Å².